The Bertz CT molecular complexity index is 618. The van der Waals surface area contributed by atoms with Gasteiger partial charge in [0, 0.05) is 13.1 Å². The second-order valence-electron chi connectivity index (χ2n) is 4.44. The Morgan fingerprint density at radius 3 is 2.68 bits per heavy atom. The summed E-state index contributed by atoms with van der Waals surface area (Å²) >= 11 is 16.9. The van der Waals surface area contributed by atoms with Crippen molar-refractivity contribution in [3.8, 4) is 0 Å². The number of nitrogens with two attached hydrogens (primary N) is 1. The van der Waals surface area contributed by atoms with Crippen LogP contribution < -0.4 is 11.2 Å². The number of hydrazone groups is 1. The Labute approximate surface area is 143 Å². The molecule has 0 spiro atoms. The fourth-order valence-corrected chi connectivity index (χ4v) is 2.31. The fraction of sp³-hybridized carbons (Fsp3) is 0.308. The van der Waals surface area contributed by atoms with Crippen LogP contribution in [-0.4, -0.2) is 47.8 Å². The van der Waals surface area contributed by atoms with Gasteiger partial charge >= 0.3 is 0 Å². The number of amides is 1. The van der Waals surface area contributed by atoms with Crippen LogP contribution in [0.3, 0.4) is 0 Å². The zero-order valence-corrected chi connectivity index (χ0v) is 13.8. The van der Waals surface area contributed by atoms with E-state index in [4.69, 9.17) is 45.9 Å². The van der Waals surface area contributed by atoms with Gasteiger partial charge in [0.15, 0.2) is 5.71 Å². The lowest BCUT2D eigenvalue weighted by molar-refractivity contribution is -0.127. The molecule has 1 saturated heterocycles. The van der Waals surface area contributed by atoms with Gasteiger partial charge in [0.05, 0.1) is 28.9 Å². The van der Waals surface area contributed by atoms with E-state index < -0.39 is 0 Å². The maximum Gasteiger partial charge on any atom is 0.277 e. The van der Waals surface area contributed by atoms with Crippen molar-refractivity contribution in [2.75, 3.05) is 31.7 Å². The average molecular weight is 361 g/mol. The number of thiocarbonyl (C=S) groups is 1. The van der Waals surface area contributed by atoms with Gasteiger partial charge in [-0.2, -0.15) is 5.10 Å². The second kappa shape index (κ2) is 7.73. The van der Waals surface area contributed by atoms with Gasteiger partial charge < -0.3 is 15.4 Å². The predicted octanol–water partition coefficient (Wildman–Crippen LogP) is 1.91. The lowest BCUT2D eigenvalue weighted by Gasteiger charge is -2.26. The standard InChI is InChI=1S/C13H14Cl2N4O2S/c14-8-2-1-3-9(10(8)15)17-18-11(12(16)22)13(20)19-4-6-21-7-5-19/h1-3,17H,4-7H2,(H2,16,22). The number of carbonyl (C=O) groups excluding carboxylic acids is 1. The smallest absolute Gasteiger partial charge is 0.277 e. The third-order valence-electron chi connectivity index (χ3n) is 2.97. The Kier molecular flexibility index (Phi) is 5.96. The van der Waals surface area contributed by atoms with Crippen molar-refractivity contribution >= 4 is 57.7 Å². The number of nitrogens with one attached hydrogen (secondary N) is 1. The monoisotopic (exact) mass is 360 g/mol. The predicted molar refractivity (Wildman–Crippen MR) is 91.7 cm³/mol. The Balaban J connectivity index is 2.18. The summed E-state index contributed by atoms with van der Waals surface area (Å²) in [4.78, 5) is 13.9. The highest BCUT2D eigenvalue weighted by Crippen LogP contribution is 2.29. The first-order chi connectivity index (χ1) is 10.5. The summed E-state index contributed by atoms with van der Waals surface area (Å²) in [6.45, 7) is 1.89. The molecule has 0 radical (unpaired) electrons. The van der Waals surface area contributed by atoms with Crippen LogP contribution in [0.2, 0.25) is 10.0 Å². The molecule has 1 fully saturated rings. The van der Waals surface area contributed by atoms with Gasteiger partial charge in [-0.15, -0.1) is 0 Å². The maximum absolute atomic E-state index is 12.4. The van der Waals surface area contributed by atoms with Crippen LogP contribution in [0.15, 0.2) is 23.3 Å². The van der Waals surface area contributed by atoms with Gasteiger partial charge in [-0.05, 0) is 12.1 Å². The number of rotatable bonds is 4. The Morgan fingerprint density at radius 1 is 1.36 bits per heavy atom. The SMILES string of the molecule is NC(=S)C(=NNc1cccc(Cl)c1Cl)C(=O)N1CCOCC1. The molecule has 2 rings (SSSR count). The van der Waals surface area contributed by atoms with Crippen LogP contribution in [-0.2, 0) is 9.53 Å². The summed E-state index contributed by atoms with van der Waals surface area (Å²) in [5, 5.41) is 4.67. The molecule has 0 aromatic heterocycles. The number of halogens is 2. The van der Waals surface area contributed by atoms with E-state index in [1.54, 1.807) is 23.1 Å². The summed E-state index contributed by atoms with van der Waals surface area (Å²) in [7, 11) is 0. The van der Waals surface area contributed by atoms with Crippen LogP contribution in [0.1, 0.15) is 0 Å². The first-order valence-electron chi connectivity index (χ1n) is 6.45. The molecule has 0 saturated carbocycles. The third kappa shape index (κ3) is 4.07. The summed E-state index contributed by atoms with van der Waals surface area (Å²) in [5.74, 6) is -0.346. The third-order valence-corrected chi connectivity index (χ3v) is 3.99. The molecule has 0 atom stereocenters. The van der Waals surface area contributed by atoms with Crippen molar-refractivity contribution in [2.45, 2.75) is 0 Å². The van der Waals surface area contributed by atoms with Gasteiger partial charge in [-0.1, -0.05) is 41.5 Å². The zero-order chi connectivity index (χ0) is 16.1. The van der Waals surface area contributed by atoms with Crippen molar-refractivity contribution in [3.05, 3.63) is 28.2 Å². The molecular weight excluding hydrogens is 347 g/mol. The van der Waals surface area contributed by atoms with Gasteiger partial charge in [0.25, 0.3) is 5.91 Å². The molecule has 1 aliphatic heterocycles. The van der Waals surface area contributed by atoms with Crippen molar-refractivity contribution in [2.24, 2.45) is 10.8 Å². The number of benzene rings is 1. The van der Waals surface area contributed by atoms with E-state index in [1.807, 2.05) is 0 Å². The molecule has 0 aliphatic carbocycles. The molecule has 1 heterocycles. The van der Waals surface area contributed by atoms with E-state index in [0.29, 0.717) is 42.0 Å². The number of anilines is 1. The topological polar surface area (TPSA) is 79.9 Å². The van der Waals surface area contributed by atoms with E-state index in [2.05, 4.69) is 10.5 Å². The first kappa shape index (κ1) is 17.0. The van der Waals surface area contributed by atoms with Crippen LogP contribution in [0.25, 0.3) is 0 Å². The molecule has 22 heavy (non-hydrogen) atoms. The molecule has 0 bridgehead atoms. The van der Waals surface area contributed by atoms with Gasteiger partial charge in [-0.3, -0.25) is 10.2 Å². The summed E-state index contributed by atoms with van der Waals surface area (Å²) in [6.07, 6.45) is 0. The molecular formula is C13H14Cl2N4O2S. The zero-order valence-electron chi connectivity index (χ0n) is 11.5. The van der Waals surface area contributed by atoms with Crippen LogP contribution in [0.5, 0.6) is 0 Å². The fourth-order valence-electron chi connectivity index (χ4n) is 1.83. The van der Waals surface area contributed by atoms with Crippen molar-refractivity contribution in [3.63, 3.8) is 0 Å². The van der Waals surface area contributed by atoms with E-state index in [-0.39, 0.29) is 16.6 Å². The molecule has 9 heteroatoms. The number of ether oxygens (including phenoxy) is 1. The number of nitrogens with zero attached hydrogens (tertiary/aromatic N) is 2. The quantitative estimate of drug-likeness (QED) is 0.487. The lowest BCUT2D eigenvalue weighted by Crippen LogP contribution is -2.47. The van der Waals surface area contributed by atoms with Gasteiger partial charge in [0.2, 0.25) is 0 Å². The molecule has 6 nitrogen and oxygen atoms in total. The first-order valence-corrected chi connectivity index (χ1v) is 7.61. The van der Waals surface area contributed by atoms with E-state index in [9.17, 15) is 4.79 Å². The van der Waals surface area contributed by atoms with Gasteiger partial charge in [0.1, 0.15) is 4.99 Å². The van der Waals surface area contributed by atoms with E-state index >= 15 is 0 Å². The Morgan fingerprint density at radius 2 is 2.05 bits per heavy atom. The number of hydrogen-bond acceptors (Lipinski definition) is 5. The summed E-state index contributed by atoms with van der Waals surface area (Å²) in [6, 6.07) is 5.02. The minimum Gasteiger partial charge on any atom is -0.388 e. The maximum atomic E-state index is 12.4. The van der Waals surface area contributed by atoms with Gasteiger partial charge in [-0.25, -0.2) is 0 Å². The highest BCUT2D eigenvalue weighted by molar-refractivity contribution is 7.82. The molecule has 1 aromatic rings. The van der Waals surface area contributed by atoms with Crippen LogP contribution >= 0.6 is 35.4 Å². The highest BCUT2D eigenvalue weighted by atomic mass is 35.5. The number of morpholine rings is 1. The van der Waals surface area contributed by atoms with Crippen molar-refractivity contribution in [1.82, 2.24) is 4.90 Å². The summed E-state index contributed by atoms with van der Waals surface area (Å²) < 4.78 is 5.20. The number of carbonyl (C=O) groups is 1. The number of hydrogen-bond donors (Lipinski definition) is 2. The molecule has 1 aliphatic rings. The van der Waals surface area contributed by atoms with E-state index in [1.165, 1.54) is 0 Å². The highest BCUT2D eigenvalue weighted by Gasteiger charge is 2.24. The molecule has 0 unspecified atom stereocenters. The molecule has 1 aromatic carbocycles. The summed E-state index contributed by atoms with van der Waals surface area (Å²) in [5.41, 5.74) is 8.70. The average Bonchev–Trinajstić information content (AvgIpc) is 2.52. The normalized spacial score (nSPS) is 15.5. The van der Waals surface area contributed by atoms with Crippen molar-refractivity contribution in [1.29, 1.82) is 0 Å². The molecule has 1 amide bonds. The minimum absolute atomic E-state index is 0.0343. The van der Waals surface area contributed by atoms with Crippen LogP contribution in [0.4, 0.5) is 5.69 Å². The molecule has 3 N–H and O–H groups in total. The van der Waals surface area contributed by atoms with E-state index in [0.717, 1.165) is 0 Å². The van der Waals surface area contributed by atoms with Crippen LogP contribution in [0, 0.1) is 0 Å². The Hall–Kier alpha value is -1.41. The largest absolute Gasteiger partial charge is 0.388 e. The lowest BCUT2D eigenvalue weighted by atomic mass is 10.3. The minimum atomic E-state index is -0.346. The molecule has 118 valence electrons. The second-order valence-corrected chi connectivity index (χ2v) is 5.67. The van der Waals surface area contributed by atoms with Crippen molar-refractivity contribution < 1.29 is 9.53 Å².